The van der Waals surface area contributed by atoms with Crippen molar-refractivity contribution in [2.24, 2.45) is 0 Å². The number of fused-ring (bicyclic) bond motifs is 7. The minimum Gasteiger partial charge on any atom is -0.490 e. The van der Waals surface area contributed by atoms with Crippen LogP contribution in [-0.2, 0) is 24.1 Å². The Balaban J connectivity index is 0.000000381. The highest BCUT2D eigenvalue weighted by molar-refractivity contribution is 5.91. The lowest BCUT2D eigenvalue weighted by atomic mass is 10.1. The molecule has 24 heteroatoms. The minimum atomic E-state index is -0.790. The predicted molar refractivity (Wildman–Crippen MR) is 214 cm³/mol. The number of nitrogens with one attached hydrogen (secondary N) is 1. The number of nitro groups is 1. The Morgan fingerprint density at radius 2 is 1.33 bits per heavy atom. The average molecular weight is 867 g/mol. The van der Waals surface area contributed by atoms with Crippen LogP contribution in [0, 0.1) is 10.1 Å². The van der Waals surface area contributed by atoms with E-state index >= 15 is 0 Å². The van der Waals surface area contributed by atoms with Gasteiger partial charge >= 0.3 is 29.5 Å². The number of amides is 1. The Labute approximate surface area is 343 Å². The van der Waals surface area contributed by atoms with Crippen LogP contribution in [0.25, 0.3) is 11.2 Å². The zero-order chi connectivity index (χ0) is 42.7. The third kappa shape index (κ3) is 13.5. The monoisotopic (exact) mass is 866 g/mol. The number of rotatable bonds is 2. The molecule has 5 N–H and O–H groups in total. The molecule has 5 aromatic rings. The first kappa shape index (κ1) is 49.6. The first-order valence-electron chi connectivity index (χ1n) is 17.5. The molecule has 0 aliphatic carbocycles. The van der Waals surface area contributed by atoms with Crippen LogP contribution in [0.3, 0.4) is 0 Å². The second kappa shape index (κ2) is 25.1. The van der Waals surface area contributed by atoms with Crippen LogP contribution < -0.4 is 41.0 Å². The van der Waals surface area contributed by atoms with Crippen LogP contribution in [0.1, 0.15) is 25.5 Å². The van der Waals surface area contributed by atoms with E-state index in [2.05, 4.69) is 24.9 Å². The highest BCUT2D eigenvalue weighted by Gasteiger charge is 2.32. The van der Waals surface area contributed by atoms with Crippen LogP contribution in [0.15, 0.2) is 77.6 Å². The van der Waals surface area contributed by atoms with E-state index in [1.54, 1.807) is 23.6 Å². The molecule has 0 radical (unpaired) electrons. The third-order valence-electron chi connectivity index (χ3n) is 8.12. The Morgan fingerprint density at radius 3 is 1.87 bits per heavy atom. The van der Waals surface area contributed by atoms with E-state index in [0.29, 0.717) is 49.5 Å². The molecule has 0 fully saturated rings. The number of carbonyl (C=O) groups excluding carboxylic acids is 1. The number of halogens is 5. The topological polar surface area (TPSA) is 251 Å². The Kier molecular flexibility index (Phi) is 20.4. The summed E-state index contributed by atoms with van der Waals surface area (Å²) >= 11 is 0. The van der Waals surface area contributed by atoms with E-state index in [1.165, 1.54) is 0 Å². The summed E-state index contributed by atoms with van der Waals surface area (Å²) < 4.78 is 60.9. The predicted octanol–water partition coefficient (Wildman–Crippen LogP) is 6.24. The molecule has 61 heavy (non-hydrogen) atoms. The molecule has 0 atom stereocenters. The summed E-state index contributed by atoms with van der Waals surface area (Å²) in [4.78, 5) is 55.9. The van der Waals surface area contributed by atoms with Crippen LogP contribution in [0.4, 0.5) is 50.9 Å². The number of hydrogen-bond donors (Lipinski definition) is 3. The van der Waals surface area contributed by atoms with Crippen LogP contribution in [0.2, 0.25) is 0 Å². The van der Waals surface area contributed by atoms with Crippen molar-refractivity contribution in [3.05, 3.63) is 105 Å². The molecule has 5 heterocycles. The molecule has 2 aromatic carbocycles. The van der Waals surface area contributed by atoms with Gasteiger partial charge in [0.25, 0.3) is 0 Å². The van der Waals surface area contributed by atoms with E-state index in [-0.39, 0.29) is 67.8 Å². The van der Waals surface area contributed by atoms with E-state index in [1.807, 2.05) is 60.7 Å². The van der Waals surface area contributed by atoms with E-state index in [0.717, 1.165) is 21.8 Å². The van der Waals surface area contributed by atoms with Crippen molar-refractivity contribution in [2.45, 2.75) is 33.7 Å². The van der Waals surface area contributed by atoms with Crippen molar-refractivity contribution in [2.75, 3.05) is 55.9 Å². The normalized spacial score (nSPS) is 14.1. The van der Waals surface area contributed by atoms with Crippen LogP contribution in [0.5, 0.6) is 23.5 Å². The smallest absolute Gasteiger partial charge is 0.415 e. The molecular weight excluding hydrogens is 823 g/mol. The van der Waals surface area contributed by atoms with E-state index in [9.17, 15) is 19.7 Å². The fraction of sp³-hybridized carbons (Fsp3) is 0.297. The average Bonchev–Trinajstić information content (AvgIpc) is 3.55. The van der Waals surface area contributed by atoms with Crippen molar-refractivity contribution in [3.8, 4) is 23.5 Å². The van der Waals surface area contributed by atoms with Crippen molar-refractivity contribution in [1.29, 1.82) is 0 Å². The molecule has 2 aliphatic heterocycles. The third-order valence-corrected chi connectivity index (χ3v) is 8.12. The van der Waals surface area contributed by atoms with Gasteiger partial charge in [-0.3, -0.25) is 24.3 Å². The second-order valence-corrected chi connectivity index (χ2v) is 11.8. The number of aromatic amines is 1. The number of benzene rings is 2. The number of nitrogen functional groups attached to an aromatic ring is 2. The number of H-pyrrole nitrogens is 1. The number of nitrogens with two attached hydrogens (primary N) is 2. The summed E-state index contributed by atoms with van der Waals surface area (Å²) in [5.74, 6) is 0.940. The number of imidazole rings is 1. The van der Waals surface area contributed by atoms with E-state index < -0.39 is 22.5 Å². The molecule has 19 nitrogen and oxygen atoms in total. The molecule has 330 valence electrons. The zero-order valence-electron chi connectivity index (χ0n) is 31.7. The van der Waals surface area contributed by atoms with Gasteiger partial charge in [-0.25, -0.2) is 9.59 Å². The van der Waals surface area contributed by atoms with Gasteiger partial charge in [-0.2, -0.15) is 19.9 Å². The molecule has 8 bridgehead atoms. The molecule has 7 rings (SSSR count). The lowest BCUT2D eigenvalue weighted by Crippen LogP contribution is -2.35. The minimum absolute atomic E-state index is 0. The number of anilines is 3. The Bertz CT molecular complexity index is 2310. The Hall–Kier alpha value is -7.53. The molecule has 1 amide bonds. The molecule has 0 saturated heterocycles. The molecule has 0 spiro atoms. The van der Waals surface area contributed by atoms with Gasteiger partial charge in [0.1, 0.15) is 43.4 Å². The number of aromatic nitrogens is 6. The Morgan fingerprint density at radius 1 is 0.820 bits per heavy atom. The van der Waals surface area contributed by atoms with Gasteiger partial charge in [-0.1, -0.05) is 31.7 Å². The first-order chi connectivity index (χ1) is 28.7. The molecular formula is C37H43F5N10O9. The maximum Gasteiger partial charge on any atom is 0.415 e. The van der Waals surface area contributed by atoms with Crippen molar-refractivity contribution < 1.29 is 56.4 Å². The van der Waals surface area contributed by atoms with Crippen molar-refractivity contribution in [1.82, 2.24) is 29.5 Å². The number of hydrogen-bond acceptors (Lipinski definition) is 15. The second-order valence-electron chi connectivity index (χ2n) is 11.8. The maximum absolute atomic E-state index is 12.6. The largest absolute Gasteiger partial charge is 0.490 e. The lowest BCUT2D eigenvalue weighted by molar-refractivity contribution is -0.383. The number of ether oxygens (including phenoxy) is 5. The summed E-state index contributed by atoms with van der Waals surface area (Å²) in [6.07, 6.45) is 7.35. The summed E-state index contributed by atoms with van der Waals surface area (Å²) in [5.41, 5.74) is 13.7. The van der Waals surface area contributed by atoms with Crippen LogP contribution in [-0.4, -0.2) is 80.1 Å². The summed E-state index contributed by atoms with van der Waals surface area (Å²) in [5, 5.41) is 11.6. The molecule has 3 aromatic heterocycles. The van der Waals surface area contributed by atoms with Gasteiger partial charge in [-0.05, 0) is 79.5 Å². The maximum atomic E-state index is 12.6. The molecule has 0 saturated carbocycles. The summed E-state index contributed by atoms with van der Waals surface area (Å²) in [6, 6.07) is 15.1. The number of nitrogens with zero attached hydrogens (tertiary/aromatic N) is 7. The first-order valence-corrected chi connectivity index (χ1v) is 17.5. The van der Waals surface area contributed by atoms with Gasteiger partial charge in [0.2, 0.25) is 11.6 Å². The highest BCUT2D eigenvalue weighted by Crippen LogP contribution is 2.33. The fourth-order valence-corrected chi connectivity index (χ4v) is 5.52. The zero-order valence-corrected chi connectivity index (χ0v) is 31.7. The van der Waals surface area contributed by atoms with Gasteiger partial charge in [0.05, 0.1) is 11.5 Å². The van der Waals surface area contributed by atoms with Gasteiger partial charge < -0.3 is 40.1 Å². The number of aryl methyl sites for hydroxylation is 2. The van der Waals surface area contributed by atoms with Gasteiger partial charge in [0.15, 0.2) is 11.5 Å². The quantitative estimate of drug-likeness (QED) is 0.0769. The summed E-state index contributed by atoms with van der Waals surface area (Å²) in [7, 11) is 0. The number of carbonyl (C=O) groups is 1. The van der Waals surface area contributed by atoms with Gasteiger partial charge in [-0.15, -0.1) is 0 Å². The van der Waals surface area contributed by atoms with Crippen LogP contribution >= 0.6 is 0 Å². The fourth-order valence-electron chi connectivity index (χ4n) is 5.52. The van der Waals surface area contributed by atoms with Crippen molar-refractivity contribution in [3.63, 3.8) is 0 Å². The standard InChI is InChI=1S/C19H21N5O6.C17H17N5O3.CH4.2F2.FH/c1-2-28-19(25)23-9-8-13-6-5-7-14(12-13)29-10-3-4-11-30-18-21-16(20)15(24(26)27)17(23)22-18;18-14-13-15-21-16(20-14)25-9-2-1-8-24-12-5-3-4-11(10-12)6-7-22(15)17(23)19-13;;2*1-2;/h3-7,12H,2,8-11H2,1H3,(H2,20,21,22);1-5,10H,6-9H2,(H,19,23)(H2,18,20,21);1H4;;;1H/b4-3-;2-1-;;;;. The SMILES string of the molecule is C.CCOC(=O)N1CCc2cccc(c2)OC/C=C\COc2nc(N)c([N+](=O)[O-])c1n2.F.FF.FF.Nc1nc2nc3c1[nH]c(=O)n3CCc1cccc(c1)OC/C=C\CO2. The highest BCUT2D eigenvalue weighted by atomic mass is 20.0. The summed E-state index contributed by atoms with van der Waals surface area (Å²) in [6.45, 7) is 3.36. The van der Waals surface area contributed by atoms with Crippen molar-refractivity contribution >= 4 is 40.4 Å². The van der Waals surface area contributed by atoms with Gasteiger partial charge in [0, 0.05) is 31.4 Å². The van der Waals surface area contributed by atoms with E-state index in [4.69, 9.17) is 53.4 Å². The molecule has 2 aliphatic rings. The molecule has 0 unspecified atom stereocenters. The lowest BCUT2D eigenvalue weighted by Gasteiger charge is -2.21.